The van der Waals surface area contributed by atoms with Gasteiger partial charge in [-0.2, -0.15) is 0 Å². The number of carbonyl (C=O) groups excluding carboxylic acids is 2. The normalized spacial score (nSPS) is 24.3. The summed E-state index contributed by atoms with van der Waals surface area (Å²) >= 11 is 0. The molecule has 0 aromatic carbocycles. The van der Waals surface area contributed by atoms with E-state index in [0.717, 1.165) is 18.5 Å². The zero-order valence-corrected chi connectivity index (χ0v) is 10.2. The lowest BCUT2D eigenvalue weighted by Crippen LogP contribution is -2.58. The van der Waals surface area contributed by atoms with Crippen LogP contribution in [0.2, 0.25) is 0 Å². The van der Waals surface area contributed by atoms with Crippen LogP contribution in [0.4, 0.5) is 0 Å². The van der Waals surface area contributed by atoms with Crippen molar-refractivity contribution in [2.45, 2.75) is 32.4 Å². The average molecular weight is 249 g/mol. The fourth-order valence-electron chi connectivity index (χ4n) is 2.29. The highest BCUT2D eigenvalue weighted by Gasteiger charge is 2.42. The number of rotatable bonds is 3. The Hall–Kier alpha value is -1.85. The van der Waals surface area contributed by atoms with Crippen molar-refractivity contribution in [3.63, 3.8) is 0 Å². The molecule has 6 heteroatoms. The second-order valence-electron chi connectivity index (χ2n) is 5.01. The first-order chi connectivity index (χ1) is 8.63. The van der Waals surface area contributed by atoms with E-state index in [1.807, 2.05) is 6.92 Å². The molecule has 1 aromatic rings. The minimum absolute atomic E-state index is 0.00819. The first-order valence-electron chi connectivity index (χ1n) is 6.14. The van der Waals surface area contributed by atoms with E-state index in [4.69, 9.17) is 4.52 Å². The van der Waals surface area contributed by atoms with Gasteiger partial charge in [-0.3, -0.25) is 9.59 Å². The molecule has 0 radical (unpaired) electrons. The lowest BCUT2D eigenvalue weighted by atomic mass is 10.1. The van der Waals surface area contributed by atoms with Gasteiger partial charge in [0.1, 0.15) is 12.6 Å². The molecule has 0 bridgehead atoms. The van der Waals surface area contributed by atoms with Crippen molar-refractivity contribution in [3.05, 3.63) is 17.5 Å². The molecule has 1 atom stereocenters. The summed E-state index contributed by atoms with van der Waals surface area (Å²) in [6.07, 6.45) is 2.04. The van der Waals surface area contributed by atoms with Gasteiger partial charge in [-0.15, -0.1) is 0 Å². The molecule has 1 saturated heterocycles. The summed E-state index contributed by atoms with van der Waals surface area (Å²) in [4.78, 5) is 25.4. The Morgan fingerprint density at radius 3 is 2.89 bits per heavy atom. The molecule has 3 rings (SSSR count). The van der Waals surface area contributed by atoms with Crippen LogP contribution in [0.15, 0.2) is 10.6 Å². The smallest absolute Gasteiger partial charge is 0.246 e. The molecule has 1 saturated carbocycles. The summed E-state index contributed by atoms with van der Waals surface area (Å²) in [6.45, 7) is 2.24. The van der Waals surface area contributed by atoms with Crippen molar-refractivity contribution in [1.82, 2.24) is 15.4 Å². The largest absolute Gasteiger partial charge is 0.359 e. The van der Waals surface area contributed by atoms with Crippen LogP contribution in [0.1, 0.15) is 24.3 Å². The molecule has 2 fully saturated rings. The molecule has 2 amide bonds. The molecule has 1 aliphatic heterocycles. The Bertz CT molecular complexity index is 493. The summed E-state index contributed by atoms with van der Waals surface area (Å²) in [5.41, 5.74) is 0.776. The molecule has 2 heterocycles. The predicted molar refractivity (Wildman–Crippen MR) is 61.3 cm³/mol. The topological polar surface area (TPSA) is 75.4 Å². The van der Waals surface area contributed by atoms with Crippen LogP contribution in [0.3, 0.4) is 0 Å². The summed E-state index contributed by atoms with van der Waals surface area (Å²) in [5, 5.41) is 6.55. The first kappa shape index (κ1) is 11.3. The standard InChI is InChI=1S/C12H15N3O3/c1-7-4-9(18-14-7)5-15-6-10(16)13-11(12(15)17)8-2-3-8/h4,8,11H,2-3,5-6H2,1H3,(H,13,16). The fraction of sp³-hybridized carbons (Fsp3) is 0.583. The van der Waals surface area contributed by atoms with Crippen molar-refractivity contribution >= 4 is 11.8 Å². The Morgan fingerprint density at radius 2 is 2.28 bits per heavy atom. The van der Waals surface area contributed by atoms with Crippen LogP contribution in [-0.4, -0.2) is 34.5 Å². The van der Waals surface area contributed by atoms with Crippen LogP contribution in [0, 0.1) is 12.8 Å². The van der Waals surface area contributed by atoms with Gasteiger partial charge in [0.15, 0.2) is 5.76 Å². The van der Waals surface area contributed by atoms with Gasteiger partial charge in [-0.1, -0.05) is 5.16 Å². The van der Waals surface area contributed by atoms with Crippen molar-refractivity contribution in [2.24, 2.45) is 5.92 Å². The summed E-state index contributed by atoms with van der Waals surface area (Å²) in [5.74, 6) is 0.833. The Kier molecular flexibility index (Phi) is 2.57. The van der Waals surface area contributed by atoms with Crippen LogP contribution in [0.25, 0.3) is 0 Å². The zero-order valence-electron chi connectivity index (χ0n) is 10.2. The number of hydrogen-bond acceptors (Lipinski definition) is 4. The molecule has 0 spiro atoms. The summed E-state index contributed by atoms with van der Waals surface area (Å²) in [6, 6.07) is 1.45. The van der Waals surface area contributed by atoms with Crippen molar-refractivity contribution in [3.8, 4) is 0 Å². The maximum Gasteiger partial charge on any atom is 0.246 e. The van der Waals surface area contributed by atoms with Gasteiger partial charge >= 0.3 is 0 Å². The molecule has 1 aromatic heterocycles. The number of aromatic nitrogens is 1. The monoisotopic (exact) mass is 249 g/mol. The summed E-state index contributed by atoms with van der Waals surface area (Å²) in [7, 11) is 0. The van der Waals surface area contributed by atoms with E-state index in [1.54, 1.807) is 11.0 Å². The molecular weight excluding hydrogens is 234 g/mol. The average Bonchev–Trinajstić information content (AvgIpc) is 3.08. The van der Waals surface area contributed by atoms with Crippen molar-refractivity contribution in [1.29, 1.82) is 0 Å². The number of aryl methyl sites for hydroxylation is 1. The minimum atomic E-state index is -0.338. The molecule has 6 nitrogen and oxygen atoms in total. The SMILES string of the molecule is Cc1cc(CN2CC(=O)NC(C3CC3)C2=O)on1. The van der Waals surface area contributed by atoms with Crippen LogP contribution in [0.5, 0.6) is 0 Å². The quantitative estimate of drug-likeness (QED) is 0.831. The summed E-state index contributed by atoms with van der Waals surface area (Å²) < 4.78 is 5.09. The van der Waals surface area contributed by atoms with E-state index < -0.39 is 0 Å². The minimum Gasteiger partial charge on any atom is -0.359 e. The second-order valence-corrected chi connectivity index (χ2v) is 5.01. The maximum absolute atomic E-state index is 12.2. The predicted octanol–water partition coefficient (Wildman–Crippen LogP) is 0.220. The van der Waals surface area contributed by atoms with E-state index in [9.17, 15) is 9.59 Å². The van der Waals surface area contributed by atoms with Crippen LogP contribution >= 0.6 is 0 Å². The lowest BCUT2D eigenvalue weighted by molar-refractivity contribution is -0.145. The van der Waals surface area contributed by atoms with Crippen LogP contribution in [-0.2, 0) is 16.1 Å². The first-order valence-corrected chi connectivity index (χ1v) is 6.14. The number of nitrogens with one attached hydrogen (secondary N) is 1. The zero-order chi connectivity index (χ0) is 12.7. The highest BCUT2D eigenvalue weighted by atomic mass is 16.5. The number of carbonyl (C=O) groups is 2. The second kappa shape index (κ2) is 4.12. The van der Waals surface area contributed by atoms with Gasteiger partial charge < -0.3 is 14.7 Å². The van der Waals surface area contributed by atoms with Gasteiger partial charge in [-0.05, 0) is 25.7 Å². The number of amides is 2. The molecule has 1 N–H and O–H groups in total. The van der Waals surface area contributed by atoms with E-state index in [-0.39, 0.29) is 24.4 Å². The number of hydrogen-bond donors (Lipinski definition) is 1. The third kappa shape index (κ3) is 2.10. The number of piperazine rings is 1. The molecule has 96 valence electrons. The van der Waals surface area contributed by atoms with Crippen molar-refractivity contribution < 1.29 is 14.1 Å². The van der Waals surface area contributed by atoms with Gasteiger partial charge in [0, 0.05) is 6.07 Å². The number of nitrogens with zero attached hydrogens (tertiary/aromatic N) is 2. The molecule has 1 aliphatic carbocycles. The Morgan fingerprint density at radius 1 is 1.50 bits per heavy atom. The van der Waals surface area contributed by atoms with Crippen LogP contribution < -0.4 is 5.32 Å². The maximum atomic E-state index is 12.2. The van der Waals surface area contributed by atoms with Crippen molar-refractivity contribution in [2.75, 3.05) is 6.54 Å². The fourth-order valence-corrected chi connectivity index (χ4v) is 2.29. The van der Waals surface area contributed by atoms with E-state index in [1.165, 1.54) is 0 Å². The van der Waals surface area contributed by atoms with E-state index in [0.29, 0.717) is 18.2 Å². The molecule has 1 unspecified atom stereocenters. The molecule has 2 aliphatic rings. The Balaban J connectivity index is 1.73. The highest BCUT2D eigenvalue weighted by Crippen LogP contribution is 2.34. The Labute approximate surface area is 104 Å². The third-order valence-corrected chi connectivity index (χ3v) is 3.35. The third-order valence-electron chi connectivity index (χ3n) is 3.35. The van der Waals surface area contributed by atoms with E-state index in [2.05, 4.69) is 10.5 Å². The lowest BCUT2D eigenvalue weighted by Gasteiger charge is -2.31. The molecular formula is C12H15N3O3. The molecule has 18 heavy (non-hydrogen) atoms. The van der Waals surface area contributed by atoms with Gasteiger partial charge in [0.25, 0.3) is 0 Å². The highest BCUT2D eigenvalue weighted by molar-refractivity contribution is 5.95. The van der Waals surface area contributed by atoms with Gasteiger partial charge in [0.05, 0.1) is 12.2 Å². The van der Waals surface area contributed by atoms with Gasteiger partial charge in [-0.25, -0.2) is 0 Å². The van der Waals surface area contributed by atoms with Gasteiger partial charge in [0.2, 0.25) is 11.8 Å². The van der Waals surface area contributed by atoms with E-state index >= 15 is 0 Å².